The van der Waals surface area contributed by atoms with E-state index in [-0.39, 0.29) is 11.8 Å². The molecule has 0 aliphatic carbocycles. The summed E-state index contributed by atoms with van der Waals surface area (Å²) in [5.74, 6) is -0.499. The number of aromatic hydroxyl groups is 1. The Morgan fingerprint density at radius 2 is 1.61 bits per heavy atom. The molecule has 0 saturated carbocycles. The summed E-state index contributed by atoms with van der Waals surface area (Å²) in [7, 11) is 4.78. The molecule has 1 aliphatic rings. The molecule has 1 aliphatic heterocycles. The molecule has 1 amide bonds. The van der Waals surface area contributed by atoms with E-state index in [0.717, 1.165) is 44.0 Å². The third-order valence-corrected chi connectivity index (χ3v) is 8.14. The zero-order valence-electron chi connectivity index (χ0n) is 26.6. The maximum absolute atomic E-state index is 13.2. The normalized spacial score (nSPS) is 14.5. The summed E-state index contributed by atoms with van der Waals surface area (Å²) in [5, 5.41) is 11.7. The van der Waals surface area contributed by atoms with E-state index in [2.05, 4.69) is 14.8 Å². The van der Waals surface area contributed by atoms with Crippen LogP contribution in [0.15, 0.2) is 77.8 Å². The Balaban J connectivity index is 1.28. The smallest absolute Gasteiger partial charge is 0.337 e. The number of carbonyl (C=O) groups is 2. The van der Waals surface area contributed by atoms with Crippen molar-refractivity contribution in [1.29, 1.82) is 0 Å². The highest BCUT2D eigenvalue weighted by molar-refractivity contribution is 6.22. The summed E-state index contributed by atoms with van der Waals surface area (Å²) in [5.41, 5.74) is 4.28. The number of benzene rings is 3. The topological polar surface area (TPSA) is 120 Å². The van der Waals surface area contributed by atoms with Crippen LogP contribution in [0.5, 0.6) is 5.88 Å². The van der Waals surface area contributed by atoms with Gasteiger partial charge in [-0.2, -0.15) is 0 Å². The van der Waals surface area contributed by atoms with Crippen LogP contribution in [0, 0.1) is 0 Å². The van der Waals surface area contributed by atoms with Gasteiger partial charge in [0.1, 0.15) is 0 Å². The van der Waals surface area contributed by atoms with Crippen molar-refractivity contribution in [2.24, 2.45) is 4.99 Å². The minimum Gasteiger partial charge on any atom is -0.494 e. The molecular weight excluding hydrogens is 586 g/mol. The first-order valence-electron chi connectivity index (χ1n) is 15.3. The largest absolute Gasteiger partial charge is 0.494 e. The molecule has 0 unspecified atom stereocenters. The molecule has 1 saturated heterocycles. The maximum atomic E-state index is 13.2. The number of H-pyrrole nitrogens is 1. The van der Waals surface area contributed by atoms with Crippen molar-refractivity contribution >= 4 is 39.9 Å². The SMILES string of the molecule is COCCOCCN1CCN(CC(=O)N(C)c2ccc(N=C(c3ccccc3)c3c(O)[nH]c4cc(C(=O)OC)ccc34)cc2)CC1. The fraction of sp³-hybridized carbons (Fsp3) is 0.343. The van der Waals surface area contributed by atoms with Gasteiger partial charge >= 0.3 is 5.97 Å². The fourth-order valence-corrected chi connectivity index (χ4v) is 5.46. The van der Waals surface area contributed by atoms with Crippen LogP contribution in [0.1, 0.15) is 21.5 Å². The Morgan fingerprint density at radius 1 is 0.891 bits per heavy atom. The number of nitrogens with zero attached hydrogens (tertiary/aromatic N) is 4. The number of carbonyl (C=O) groups excluding carboxylic acids is 2. The molecular formula is C35H41N5O6. The lowest BCUT2D eigenvalue weighted by atomic mass is 10.00. The van der Waals surface area contributed by atoms with Crippen molar-refractivity contribution in [2.45, 2.75) is 0 Å². The van der Waals surface area contributed by atoms with E-state index in [1.807, 2.05) is 54.6 Å². The second kappa shape index (κ2) is 15.6. The van der Waals surface area contributed by atoms with Gasteiger partial charge in [-0.05, 0) is 36.4 Å². The molecule has 0 bridgehead atoms. The fourth-order valence-electron chi connectivity index (χ4n) is 5.46. The van der Waals surface area contributed by atoms with Crippen LogP contribution in [-0.4, -0.2) is 118 Å². The van der Waals surface area contributed by atoms with Gasteiger partial charge in [0.2, 0.25) is 5.91 Å². The highest BCUT2D eigenvalue weighted by Crippen LogP contribution is 2.32. The van der Waals surface area contributed by atoms with Crippen LogP contribution in [0.25, 0.3) is 10.9 Å². The summed E-state index contributed by atoms with van der Waals surface area (Å²) in [6.07, 6.45) is 0. The molecule has 0 radical (unpaired) electrons. The number of anilines is 1. The number of methoxy groups -OCH3 is 2. The van der Waals surface area contributed by atoms with Gasteiger partial charge in [-0.3, -0.25) is 14.6 Å². The number of rotatable bonds is 13. The standard InChI is InChI=1S/C35H41N5O6/c1-38(31(41)24-40-17-15-39(16-18-40)19-20-46-22-21-44-2)28-12-10-27(11-13-28)36-33(25-7-5-4-6-8-25)32-29-14-9-26(35(43)45-3)23-30(29)37-34(32)42/h4-14,23,37,42H,15-22,24H2,1-3H3. The van der Waals surface area contributed by atoms with Crippen molar-refractivity contribution < 1.29 is 28.9 Å². The zero-order valence-corrected chi connectivity index (χ0v) is 26.6. The lowest BCUT2D eigenvalue weighted by molar-refractivity contribution is -0.119. The van der Waals surface area contributed by atoms with Crippen molar-refractivity contribution in [3.8, 4) is 5.88 Å². The second-order valence-electron chi connectivity index (χ2n) is 11.1. The number of amides is 1. The van der Waals surface area contributed by atoms with Crippen LogP contribution in [-0.2, 0) is 19.0 Å². The van der Waals surface area contributed by atoms with Gasteiger partial charge in [-0.1, -0.05) is 36.4 Å². The predicted octanol–water partition coefficient (Wildman–Crippen LogP) is 4.07. The summed E-state index contributed by atoms with van der Waals surface area (Å²) < 4.78 is 15.4. The van der Waals surface area contributed by atoms with E-state index < -0.39 is 5.97 Å². The zero-order chi connectivity index (χ0) is 32.5. The number of aliphatic imine (C=N–C) groups is 1. The minimum absolute atomic E-state index is 0.0209. The molecule has 46 heavy (non-hydrogen) atoms. The summed E-state index contributed by atoms with van der Waals surface area (Å²) in [6, 6.07) is 22.1. The average Bonchev–Trinajstić information content (AvgIpc) is 3.42. The third kappa shape index (κ3) is 7.99. The Bertz CT molecular complexity index is 1650. The number of likely N-dealkylation sites (N-methyl/N-ethyl adjacent to an activating group) is 1. The number of aromatic nitrogens is 1. The summed E-state index contributed by atoms with van der Waals surface area (Å²) >= 11 is 0. The predicted molar refractivity (Wildman–Crippen MR) is 178 cm³/mol. The van der Waals surface area contributed by atoms with Crippen LogP contribution < -0.4 is 4.90 Å². The molecule has 4 aromatic rings. The van der Waals surface area contributed by atoms with Gasteiger partial charge in [-0.15, -0.1) is 0 Å². The van der Waals surface area contributed by atoms with Gasteiger partial charge in [-0.25, -0.2) is 9.79 Å². The van der Waals surface area contributed by atoms with E-state index in [9.17, 15) is 14.7 Å². The first kappa shape index (κ1) is 32.8. The van der Waals surface area contributed by atoms with Gasteiger partial charge < -0.3 is 29.2 Å². The molecule has 5 rings (SSSR count). The number of esters is 1. The first-order chi connectivity index (χ1) is 22.4. The molecule has 1 fully saturated rings. The molecule has 0 atom stereocenters. The lowest BCUT2D eigenvalue weighted by Gasteiger charge is -2.34. The van der Waals surface area contributed by atoms with E-state index in [0.29, 0.717) is 59.8 Å². The average molecular weight is 628 g/mol. The number of nitrogens with one attached hydrogen (secondary N) is 1. The molecule has 3 aromatic carbocycles. The van der Waals surface area contributed by atoms with Crippen LogP contribution in [0.4, 0.5) is 11.4 Å². The molecule has 11 heteroatoms. The monoisotopic (exact) mass is 627 g/mol. The quantitative estimate of drug-likeness (QED) is 0.129. The minimum atomic E-state index is -0.462. The van der Waals surface area contributed by atoms with E-state index in [4.69, 9.17) is 19.2 Å². The van der Waals surface area contributed by atoms with Crippen molar-refractivity contribution in [3.05, 3.63) is 89.5 Å². The van der Waals surface area contributed by atoms with Crippen LogP contribution in [0.2, 0.25) is 0 Å². The van der Waals surface area contributed by atoms with Crippen LogP contribution in [0.3, 0.4) is 0 Å². The summed E-state index contributed by atoms with van der Waals surface area (Å²) in [6.45, 7) is 6.58. The van der Waals surface area contributed by atoms with E-state index in [1.165, 1.54) is 7.11 Å². The van der Waals surface area contributed by atoms with Gasteiger partial charge in [0.05, 0.1) is 56.0 Å². The van der Waals surface area contributed by atoms with E-state index in [1.54, 1.807) is 37.3 Å². The molecule has 11 nitrogen and oxygen atoms in total. The lowest BCUT2D eigenvalue weighted by Crippen LogP contribution is -2.50. The summed E-state index contributed by atoms with van der Waals surface area (Å²) in [4.78, 5) is 39.4. The van der Waals surface area contributed by atoms with Crippen molar-refractivity contribution in [3.63, 3.8) is 0 Å². The highest BCUT2D eigenvalue weighted by Gasteiger charge is 2.22. The maximum Gasteiger partial charge on any atom is 0.337 e. The first-order valence-corrected chi connectivity index (χ1v) is 15.3. The molecule has 1 aromatic heterocycles. The number of ether oxygens (including phenoxy) is 3. The Labute approximate surface area is 269 Å². The Hall–Kier alpha value is -4.55. The molecule has 242 valence electrons. The van der Waals surface area contributed by atoms with Gasteiger partial charge in [0, 0.05) is 69.0 Å². The van der Waals surface area contributed by atoms with E-state index >= 15 is 0 Å². The molecule has 2 heterocycles. The molecule has 0 spiro atoms. The number of aromatic amines is 1. The van der Waals surface area contributed by atoms with Crippen molar-refractivity contribution in [2.75, 3.05) is 85.3 Å². The Kier molecular flexibility index (Phi) is 11.2. The van der Waals surface area contributed by atoms with Crippen LogP contribution >= 0.6 is 0 Å². The number of hydrogen-bond donors (Lipinski definition) is 2. The highest BCUT2D eigenvalue weighted by atomic mass is 16.5. The number of piperazine rings is 1. The number of fused-ring (bicyclic) bond motifs is 1. The van der Waals surface area contributed by atoms with Gasteiger partial charge in [0.25, 0.3) is 0 Å². The third-order valence-electron chi connectivity index (χ3n) is 8.14. The van der Waals surface area contributed by atoms with Crippen molar-refractivity contribution in [1.82, 2.24) is 14.8 Å². The Morgan fingerprint density at radius 3 is 2.30 bits per heavy atom. The van der Waals surface area contributed by atoms with Gasteiger partial charge in [0.15, 0.2) is 5.88 Å². The second-order valence-corrected chi connectivity index (χ2v) is 11.1. The number of hydrogen-bond acceptors (Lipinski definition) is 9. The molecule has 2 N–H and O–H groups in total.